The minimum atomic E-state index is -0.0521. The van der Waals surface area contributed by atoms with Crippen LogP contribution in [0.4, 0.5) is 0 Å². The number of hydrogen-bond acceptors (Lipinski definition) is 2. The molecule has 2 heteroatoms. The van der Waals surface area contributed by atoms with E-state index >= 15 is 0 Å². The molecule has 0 unspecified atom stereocenters. The number of aldehydes is 1. The number of hydrogen-bond donors (Lipinski definition) is 0. The first-order chi connectivity index (χ1) is 10.7. The van der Waals surface area contributed by atoms with Crippen molar-refractivity contribution in [3.05, 3.63) is 71.8 Å². The van der Waals surface area contributed by atoms with Crippen LogP contribution < -0.4 is 4.74 Å². The molecule has 0 aliphatic carbocycles. The van der Waals surface area contributed by atoms with Gasteiger partial charge in [0.05, 0.1) is 0 Å². The number of rotatable bonds is 4. The molecule has 1 aliphatic heterocycles. The van der Waals surface area contributed by atoms with E-state index in [9.17, 15) is 4.79 Å². The third-order valence-electron chi connectivity index (χ3n) is 4.23. The second-order valence-corrected chi connectivity index (χ2v) is 6.02. The van der Waals surface area contributed by atoms with Crippen molar-refractivity contribution < 1.29 is 9.53 Å². The first kappa shape index (κ1) is 14.6. The summed E-state index contributed by atoms with van der Waals surface area (Å²) in [5.74, 6) is 1.96. The standard InChI is InChI=1S/C20H20O2/c1-14(2)18(13-21)17-12-20(15-8-4-3-5-9-15)22-19-11-7-6-10-16(17)19/h3-14,17-18H,1-2H3/t17-,18+/m0/s1. The molecule has 3 rings (SSSR count). The quantitative estimate of drug-likeness (QED) is 0.765. The number of ether oxygens (including phenoxy) is 1. The smallest absolute Gasteiger partial charge is 0.131 e. The van der Waals surface area contributed by atoms with Crippen molar-refractivity contribution in [1.29, 1.82) is 0 Å². The van der Waals surface area contributed by atoms with E-state index in [1.54, 1.807) is 0 Å². The molecule has 2 atom stereocenters. The summed E-state index contributed by atoms with van der Waals surface area (Å²) < 4.78 is 6.07. The van der Waals surface area contributed by atoms with Crippen molar-refractivity contribution in [2.75, 3.05) is 0 Å². The summed E-state index contributed by atoms with van der Waals surface area (Å²) in [7, 11) is 0. The second-order valence-electron chi connectivity index (χ2n) is 6.02. The van der Waals surface area contributed by atoms with E-state index in [1.165, 1.54) is 0 Å². The molecule has 0 saturated heterocycles. The first-order valence-corrected chi connectivity index (χ1v) is 7.70. The summed E-state index contributed by atoms with van der Waals surface area (Å²) >= 11 is 0. The number of carbonyl (C=O) groups excluding carboxylic acids is 1. The Morgan fingerprint density at radius 3 is 2.36 bits per heavy atom. The van der Waals surface area contributed by atoms with Crippen LogP contribution in [0.3, 0.4) is 0 Å². The fourth-order valence-corrected chi connectivity index (χ4v) is 2.99. The Morgan fingerprint density at radius 1 is 1.00 bits per heavy atom. The molecule has 0 aromatic heterocycles. The number of fused-ring (bicyclic) bond motifs is 1. The summed E-state index contributed by atoms with van der Waals surface area (Å²) in [6.45, 7) is 4.18. The monoisotopic (exact) mass is 292 g/mol. The maximum absolute atomic E-state index is 11.6. The van der Waals surface area contributed by atoms with Gasteiger partial charge in [0.2, 0.25) is 0 Å². The molecule has 0 N–H and O–H groups in total. The maximum Gasteiger partial charge on any atom is 0.131 e. The Kier molecular flexibility index (Phi) is 4.10. The van der Waals surface area contributed by atoms with Crippen LogP contribution in [0.2, 0.25) is 0 Å². The van der Waals surface area contributed by atoms with Gasteiger partial charge in [-0.15, -0.1) is 0 Å². The number of allylic oxidation sites excluding steroid dienone is 1. The molecular formula is C20H20O2. The predicted molar refractivity (Wildman–Crippen MR) is 88.6 cm³/mol. The normalized spacial score (nSPS) is 18.1. The van der Waals surface area contributed by atoms with Crippen LogP contribution >= 0.6 is 0 Å². The SMILES string of the molecule is CC(C)[C@@H](C=O)[C@H]1C=C(c2ccccc2)Oc2ccccc21. The highest BCUT2D eigenvalue weighted by atomic mass is 16.5. The zero-order valence-corrected chi connectivity index (χ0v) is 12.9. The van der Waals surface area contributed by atoms with E-state index < -0.39 is 0 Å². The highest BCUT2D eigenvalue weighted by Crippen LogP contribution is 2.42. The third-order valence-corrected chi connectivity index (χ3v) is 4.23. The zero-order chi connectivity index (χ0) is 15.5. The topological polar surface area (TPSA) is 26.3 Å². The van der Waals surface area contributed by atoms with Crippen molar-refractivity contribution in [3.63, 3.8) is 0 Å². The Morgan fingerprint density at radius 2 is 1.68 bits per heavy atom. The number of para-hydroxylation sites is 1. The van der Waals surface area contributed by atoms with Gasteiger partial charge < -0.3 is 9.53 Å². The molecule has 0 spiro atoms. The van der Waals surface area contributed by atoms with E-state index in [1.807, 2.05) is 48.5 Å². The third kappa shape index (κ3) is 2.69. The van der Waals surface area contributed by atoms with Crippen LogP contribution in [0, 0.1) is 11.8 Å². The lowest BCUT2D eigenvalue weighted by atomic mass is 9.78. The van der Waals surface area contributed by atoms with Gasteiger partial charge >= 0.3 is 0 Å². The Labute approximate surface area is 131 Å². The van der Waals surface area contributed by atoms with Crippen molar-refractivity contribution in [2.24, 2.45) is 11.8 Å². The minimum Gasteiger partial charge on any atom is -0.457 e. The van der Waals surface area contributed by atoms with Crippen LogP contribution in [0.25, 0.3) is 5.76 Å². The van der Waals surface area contributed by atoms with E-state index in [-0.39, 0.29) is 17.8 Å². The molecule has 0 amide bonds. The van der Waals surface area contributed by atoms with Crippen molar-refractivity contribution in [2.45, 2.75) is 19.8 Å². The fourth-order valence-electron chi connectivity index (χ4n) is 2.99. The molecule has 1 aliphatic rings. The van der Waals surface area contributed by atoms with Crippen LogP contribution in [-0.2, 0) is 4.79 Å². The molecule has 2 aromatic rings. The molecule has 112 valence electrons. The number of benzene rings is 2. The van der Waals surface area contributed by atoms with Crippen LogP contribution in [-0.4, -0.2) is 6.29 Å². The van der Waals surface area contributed by atoms with Gasteiger partial charge in [-0.05, 0) is 18.1 Å². The van der Waals surface area contributed by atoms with E-state index in [4.69, 9.17) is 4.74 Å². The Bertz CT molecular complexity index is 686. The van der Waals surface area contributed by atoms with Gasteiger partial charge in [0.15, 0.2) is 0 Å². The van der Waals surface area contributed by atoms with Gasteiger partial charge in [-0.25, -0.2) is 0 Å². The zero-order valence-electron chi connectivity index (χ0n) is 12.9. The molecule has 0 bridgehead atoms. The summed E-state index contributed by atoms with van der Waals surface area (Å²) in [4.78, 5) is 11.6. The maximum atomic E-state index is 11.6. The van der Waals surface area contributed by atoms with Gasteiger partial charge in [-0.1, -0.05) is 62.4 Å². The van der Waals surface area contributed by atoms with Crippen molar-refractivity contribution in [3.8, 4) is 5.75 Å². The first-order valence-electron chi connectivity index (χ1n) is 7.70. The van der Waals surface area contributed by atoms with Gasteiger partial charge in [0.25, 0.3) is 0 Å². The van der Waals surface area contributed by atoms with Crippen molar-refractivity contribution >= 4 is 12.0 Å². The molecule has 0 fully saturated rings. The van der Waals surface area contributed by atoms with Gasteiger partial charge in [0, 0.05) is 23.0 Å². The summed E-state index contributed by atoms with van der Waals surface area (Å²) in [5, 5.41) is 0. The average molecular weight is 292 g/mol. The van der Waals surface area contributed by atoms with E-state index in [0.717, 1.165) is 28.9 Å². The minimum absolute atomic E-state index is 0.0521. The predicted octanol–water partition coefficient (Wildman–Crippen LogP) is 4.67. The second kappa shape index (κ2) is 6.18. The molecule has 2 nitrogen and oxygen atoms in total. The van der Waals surface area contributed by atoms with E-state index in [0.29, 0.717) is 0 Å². The van der Waals surface area contributed by atoms with Crippen molar-refractivity contribution in [1.82, 2.24) is 0 Å². The summed E-state index contributed by atoms with van der Waals surface area (Å²) in [5.41, 5.74) is 2.13. The van der Waals surface area contributed by atoms with Gasteiger partial charge in [-0.3, -0.25) is 0 Å². The van der Waals surface area contributed by atoms with Gasteiger partial charge in [-0.2, -0.15) is 0 Å². The van der Waals surface area contributed by atoms with Crippen LogP contribution in [0.15, 0.2) is 60.7 Å². The highest BCUT2D eigenvalue weighted by Gasteiger charge is 2.30. The lowest BCUT2D eigenvalue weighted by Crippen LogP contribution is -2.22. The Hall–Kier alpha value is -2.35. The average Bonchev–Trinajstić information content (AvgIpc) is 2.56. The highest BCUT2D eigenvalue weighted by molar-refractivity contribution is 5.69. The summed E-state index contributed by atoms with van der Waals surface area (Å²) in [6.07, 6.45) is 3.17. The molecule has 2 aromatic carbocycles. The lowest BCUT2D eigenvalue weighted by Gasteiger charge is -2.30. The van der Waals surface area contributed by atoms with Gasteiger partial charge in [0.1, 0.15) is 17.8 Å². The molecule has 0 saturated carbocycles. The lowest BCUT2D eigenvalue weighted by molar-refractivity contribution is -0.112. The molecule has 1 heterocycles. The molecule has 0 radical (unpaired) electrons. The molecule has 22 heavy (non-hydrogen) atoms. The number of carbonyl (C=O) groups is 1. The fraction of sp³-hybridized carbons (Fsp3) is 0.250. The van der Waals surface area contributed by atoms with Crippen LogP contribution in [0.1, 0.15) is 30.9 Å². The van der Waals surface area contributed by atoms with E-state index in [2.05, 4.69) is 26.0 Å². The summed E-state index contributed by atoms with van der Waals surface area (Å²) in [6, 6.07) is 18.0. The Balaban J connectivity index is 2.08. The molecular weight excluding hydrogens is 272 g/mol. The largest absolute Gasteiger partial charge is 0.457 e. The van der Waals surface area contributed by atoms with Crippen LogP contribution in [0.5, 0.6) is 5.75 Å².